The van der Waals surface area contributed by atoms with Crippen molar-refractivity contribution in [2.75, 3.05) is 6.61 Å². The highest BCUT2D eigenvalue weighted by Gasteiger charge is 2.43. The third kappa shape index (κ3) is 13.2. The summed E-state index contributed by atoms with van der Waals surface area (Å²) < 4.78 is 38.3. The lowest BCUT2D eigenvalue weighted by Gasteiger charge is -2.36. The Hall–Kier alpha value is -4.80. The van der Waals surface area contributed by atoms with Crippen LogP contribution in [-0.4, -0.2) is 17.5 Å². The Labute approximate surface area is 423 Å². The summed E-state index contributed by atoms with van der Waals surface area (Å²) in [6.45, 7) is 41.3. The first-order chi connectivity index (χ1) is 32.2. The molecule has 5 aromatic carbocycles. The first-order valence-electron chi connectivity index (χ1n) is 25.8. The van der Waals surface area contributed by atoms with Gasteiger partial charge in [-0.1, -0.05) is 224 Å². The summed E-state index contributed by atoms with van der Waals surface area (Å²) in [7, 11) is -4.51. The molecule has 0 heterocycles. The molecule has 0 aromatic heterocycles. The van der Waals surface area contributed by atoms with Crippen LogP contribution in [0.3, 0.4) is 0 Å². The Bertz CT molecular complexity index is 2580. The van der Waals surface area contributed by atoms with Crippen molar-refractivity contribution >= 4 is 18.7 Å². The maximum Gasteiger partial charge on any atom is 0.463 e. The highest BCUT2D eigenvalue weighted by Crippen LogP contribution is 2.57. The maximum atomic E-state index is 17.1. The summed E-state index contributed by atoms with van der Waals surface area (Å²) in [4.78, 5) is 14.5. The zero-order valence-corrected chi connectivity index (χ0v) is 47.4. The van der Waals surface area contributed by atoms with E-state index in [4.69, 9.17) is 13.8 Å². The predicted molar refractivity (Wildman–Crippen MR) is 296 cm³/mol. The molecule has 0 spiro atoms. The fourth-order valence-electron chi connectivity index (χ4n) is 9.09. The third-order valence-corrected chi connectivity index (χ3v) is 15.0. The lowest BCUT2D eigenvalue weighted by Crippen LogP contribution is -2.31. The Morgan fingerprint density at radius 2 is 0.971 bits per heavy atom. The van der Waals surface area contributed by atoms with Gasteiger partial charge in [-0.2, -0.15) is 0 Å². The largest absolute Gasteiger partial charge is 0.506 e. The molecule has 0 aliphatic rings. The van der Waals surface area contributed by atoms with E-state index in [0.717, 1.165) is 47.1 Å². The summed E-state index contributed by atoms with van der Waals surface area (Å²) in [5.74, 6) is 0.873. The van der Waals surface area contributed by atoms with Crippen molar-refractivity contribution in [1.29, 1.82) is 0 Å². The van der Waals surface area contributed by atoms with E-state index in [-0.39, 0.29) is 27.9 Å². The first-order valence-corrected chi connectivity index (χ1v) is 27.3. The molecule has 1 N–H and O–H groups in total. The smallest absolute Gasteiger partial charge is 0.463 e. The Balaban J connectivity index is 1.95. The molecule has 0 atom stereocenters. The van der Waals surface area contributed by atoms with Gasteiger partial charge in [0.2, 0.25) is 0 Å². The van der Waals surface area contributed by atoms with E-state index in [1.165, 1.54) is 19.3 Å². The van der Waals surface area contributed by atoms with E-state index in [2.05, 4.69) is 156 Å². The molecular formula is C63H87O6P. The molecule has 0 radical (unpaired) electrons. The average molecular weight is 971 g/mol. The van der Waals surface area contributed by atoms with Crippen LogP contribution in [0.15, 0.2) is 91.0 Å². The number of carbonyl (C=O) groups is 1. The molecule has 380 valence electrons. The maximum absolute atomic E-state index is 17.1. The van der Waals surface area contributed by atoms with Crippen molar-refractivity contribution in [1.82, 2.24) is 0 Å². The highest BCUT2D eigenvalue weighted by molar-refractivity contribution is 7.63. The van der Waals surface area contributed by atoms with Crippen molar-refractivity contribution in [3.63, 3.8) is 0 Å². The minimum absolute atomic E-state index is 0.149. The summed E-state index contributed by atoms with van der Waals surface area (Å²) in [6, 6.07) is 28.8. The van der Waals surface area contributed by atoms with Crippen LogP contribution in [0.5, 0.6) is 23.0 Å². The summed E-state index contributed by atoms with van der Waals surface area (Å²) in [5, 5.41) is 13.3. The van der Waals surface area contributed by atoms with Gasteiger partial charge in [0, 0.05) is 16.7 Å². The number of unbranched alkanes of at least 4 members (excludes halogenated alkanes) is 5. The zero-order valence-electron chi connectivity index (χ0n) is 46.5. The molecule has 7 heteroatoms. The van der Waals surface area contributed by atoms with Gasteiger partial charge in [0.05, 0.1) is 23.0 Å². The van der Waals surface area contributed by atoms with Crippen LogP contribution < -0.4 is 19.1 Å². The molecule has 0 saturated heterocycles. The predicted octanol–water partition coefficient (Wildman–Crippen LogP) is 17.8. The molecule has 5 aromatic rings. The molecule has 0 saturated carbocycles. The fourth-order valence-corrected chi connectivity index (χ4v) is 11.1. The molecular weight excluding hydrogens is 884 g/mol. The van der Waals surface area contributed by atoms with E-state index < -0.39 is 29.3 Å². The Kier molecular flexibility index (Phi) is 16.9. The molecule has 0 fully saturated rings. The van der Waals surface area contributed by atoms with Crippen LogP contribution in [0.4, 0.5) is 0 Å². The van der Waals surface area contributed by atoms with Crippen LogP contribution in [0, 0.1) is 0 Å². The Morgan fingerprint density at radius 1 is 0.500 bits per heavy atom. The normalized spacial score (nSPS) is 13.1. The topological polar surface area (TPSA) is 82.1 Å². The SMILES string of the molecule is CCCCCCCCOc1ccc(C(=O)c2ccccc2)c(O)c1-c1c(C(C)(C)C)ccc(P(=O)(Oc2ccc(C(C)(C)C)cc2C(C)(C)C)Oc2ccc(C(C)(C)C)cc2C(C)(C)C)c1C(C)(C)C. The van der Waals surface area contributed by atoms with Crippen LogP contribution in [0.2, 0.25) is 0 Å². The standard InChI is InChI=1S/C63H87O6P/c1-20-21-22-23-24-28-39-67-51-37-33-45(56(64)42-29-26-25-27-30-42)57(65)54(51)53-46(60(8,9)10)34-38-52(55(53)63(17,18)19)70(66,68-49-35-31-43(58(2,3)4)40-47(49)61(11,12)13)69-50-36-32-44(59(5,6)7)41-48(50)62(14,15)16/h25-27,29-38,40-41,65H,20-24,28,39H2,1-19H3. The number of carbonyl (C=O) groups excluding carboxylic acids is 1. The van der Waals surface area contributed by atoms with Crippen molar-refractivity contribution in [3.8, 4) is 34.1 Å². The number of hydrogen-bond donors (Lipinski definition) is 1. The Morgan fingerprint density at radius 3 is 1.43 bits per heavy atom. The van der Waals surface area contributed by atoms with Gasteiger partial charge in [0.25, 0.3) is 0 Å². The van der Waals surface area contributed by atoms with Crippen LogP contribution in [0.1, 0.15) is 219 Å². The summed E-state index contributed by atoms with van der Waals surface area (Å²) >= 11 is 0. The quantitative estimate of drug-likeness (QED) is 0.0603. The number of rotatable bonds is 16. The highest BCUT2D eigenvalue weighted by atomic mass is 31.2. The van der Waals surface area contributed by atoms with Gasteiger partial charge < -0.3 is 18.9 Å². The number of phenols is 1. The third-order valence-electron chi connectivity index (χ3n) is 13.2. The van der Waals surface area contributed by atoms with Gasteiger partial charge in [-0.05, 0) is 97.1 Å². The van der Waals surface area contributed by atoms with Gasteiger partial charge in [0.1, 0.15) is 23.0 Å². The number of ketones is 1. The first kappa shape index (κ1) is 56.1. The lowest BCUT2D eigenvalue weighted by molar-refractivity contribution is 0.103. The minimum atomic E-state index is -4.51. The van der Waals surface area contributed by atoms with Crippen molar-refractivity contribution in [2.24, 2.45) is 0 Å². The number of ether oxygens (including phenoxy) is 1. The number of hydrogen-bond acceptors (Lipinski definition) is 6. The van der Waals surface area contributed by atoms with Crippen molar-refractivity contribution in [2.45, 2.75) is 203 Å². The van der Waals surface area contributed by atoms with E-state index >= 15 is 4.57 Å². The summed E-state index contributed by atoms with van der Waals surface area (Å²) in [6.07, 6.45) is 6.51. The molecule has 0 unspecified atom stereocenters. The molecule has 0 amide bonds. The van der Waals surface area contributed by atoms with Gasteiger partial charge in [0.15, 0.2) is 5.78 Å². The second kappa shape index (κ2) is 21.1. The number of phenolic OH excluding ortho intramolecular Hbond substituents is 1. The van der Waals surface area contributed by atoms with Gasteiger partial charge in [-0.15, -0.1) is 0 Å². The fraction of sp³-hybridized carbons (Fsp3) is 0.508. The second-order valence-electron chi connectivity index (χ2n) is 25.6. The number of aromatic hydroxyl groups is 1. The minimum Gasteiger partial charge on any atom is -0.506 e. The lowest BCUT2D eigenvalue weighted by atomic mass is 9.73. The van der Waals surface area contributed by atoms with Crippen molar-refractivity contribution in [3.05, 3.63) is 136 Å². The van der Waals surface area contributed by atoms with Crippen LogP contribution in [-0.2, 0) is 37.1 Å². The molecule has 0 aliphatic carbocycles. The van der Waals surface area contributed by atoms with Crippen molar-refractivity contribution < 1.29 is 28.3 Å². The van der Waals surface area contributed by atoms with E-state index in [9.17, 15) is 9.90 Å². The monoisotopic (exact) mass is 971 g/mol. The van der Waals surface area contributed by atoms with Gasteiger partial charge in [-0.3, -0.25) is 4.79 Å². The number of benzene rings is 5. The van der Waals surface area contributed by atoms with Gasteiger partial charge in [-0.25, -0.2) is 4.57 Å². The molecule has 0 bridgehead atoms. The van der Waals surface area contributed by atoms with E-state index in [0.29, 0.717) is 51.4 Å². The van der Waals surface area contributed by atoms with Gasteiger partial charge >= 0.3 is 7.60 Å². The summed E-state index contributed by atoms with van der Waals surface area (Å²) in [5.41, 5.74) is 4.88. The second-order valence-corrected chi connectivity index (χ2v) is 27.5. The van der Waals surface area contributed by atoms with E-state index in [1.54, 1.807) is 18.2 Å². The van der Waals surface area contributed by atoms with Crippen LogP contribution in [0.25, 0.3) is 11.1 Å². The molecule has 70 heavy (non-hydrogen) atoms. The zero-order chi connectivity index (χ0) is 52.4. The molecule has 5 rings (SSSR count). The molecule has 6 nitrogen and oxygen atoms in total. The average Bonchev–Trinajstić information content (AvgIpc) is 3.23. The molecule has 0 aliphatic heterocycles. The van der Waals surface area contributed by atoms with Crippen LogP contribution >= 0.6 is 7.60 Å². The van der Waals surface area contributed by atoms with E-state index in [1.807, 2.05) is 48.5 Å².